The molecule has 5 heteroatoms. The fourth-order valence-electron chi connectivity index (χ4n) is 8.86. The molecule has 178 valence electrons. The summed E-state index contributed by atoms with van der Waals surface area (Å²) in [7, 11) is 0. The van der Waals surface area contributed by atoms with Crippen LogP contribution in [0.1, 0.15) is 72.1 Å². The summed E-state index contributed by atoms with van der Waals surface area (Å²) in [5.74, 6) is 1.65. The summed E-state index contributed by atoms with van der Waals surface area (Å²) in [6.45, 7) is 10.1. The highest BCUT2D eigenvalue weighted by Crippen LogP contribution is 2.68. The number of hydrogen-bond donors (Lipinski definition) is 4. The van der Waals surface area contributed by atoms with Crippen molar-refractivity contribution >= 4 is 5.97 Å². The molecule has 5 aliphatic rings. The van der Waals surface area contributed by atoms with E-state index in [1.54, 1.807) is 0 Å². The number of rotatable bonds is 4. The van der Waals surface area contributed by atoms with Gasteiger partial charge in [-0.15, -0.1) is 0 Å². The molecule has 5 rings (SSSR count). The second kappa shape index (κ2) is 8.25. The van der Waals surface area contributed by atoms with Crippen molar-refractivity contribution in [3.63, 3.8) is 0 Å². The smallest absolute Gasteiger partial charge is 0.307 e. The number of fused-ring (bicyclic) bond motifs is 5. The number of carboxylic acids is 1. The van der Waals surface area contributed by atoms with E-state index in [-0.39, 0.29) is 29.4 Å². The normalized spacial score (nSPS) is 46.2. The van der Waals surface area contributed by atoms with E-state index in [4.69, 9.17) is 0 Å². The number of aliphatic hydroxyl groups is 1. The van der Waals surface area contributed by atoms with Crippen LogP contribution in [-0.2, 0) is 4.79 Å². The van der Waals surface area contributed by atoms with Crippen molar-refractivity contribution in [1.29, 1.82) is 0 Å². The van der Waals surface area contributed by atoms with Gasteiger partial charge in [-0.1, -0.05) is 38.0 Å². The first-order valence-electron chi connectivity index (χ1n) is 13.1. The molecule has 0 aromatic heterocycles. The highest BCUT2D eigenvalue weighted by atomic mass is 16.4. The molecule has 4 aliphatic carbocycles. The summed E-state index contributed by atoms with van der Waals surface area (Å²) in [5, 5.41) is 27.4. The fourth-order valence-corrected chi connectivity index (χ4v) is 8.86. The zero-order chi connectivity index (χ0) is 22.7. The lowest BCUT2D eigenvalue weighted by atomic mass is 9.45. The number of carboxylic acid groups (broad SMARTS) is 1. The number of piperazine rings is 1. The molecule has 3 fully saturated rings. The number of aliphatic hydroxyl groups excluding tert-OH is 1. The van der Waals surface area contributed by atoms with Crippen LogP contribution in [0, 0.1) is 34.5 Å². The van der Waals surface area contributed by atoms with Crippen molar-refractivity contribution in [2.45, 2.75) is 84.3 Å². The van der Waals surface area contributed by atoms with E-state index in [1.807, 2.05) is 0 Å². The maximum Gasteiger partial charge on any atom is 0.307 e. The molecule has 0 bridgehead atoms. The molecule has 1 saturated heterocycles. The van der Waals surface area contributed by atoms with Crippen LogP contribution in [0.15, 0.2) is 22.8 Å². The van der Waals surface area contributed by atoms with E-state index in [2.05, 4.69) is 37.5 Å². The van der Waals surface area contributed by atoms with Gasteiger partial charge in [-0.25, -0.2) is 0 Å². The van der Waals surface area contributed by atoms with Gasteiger partial charge in [0.15, 0.2) is 0 Å². The highest BCUT2D eigenvalue weighted by Gasteiger charge is 2.60. The third-order valence-corrected chi connectivity index (χ3v) is 10.3. The second-order valence-electron chi connectivity index (χ2n) is 11.8. The minimum Gasteiger partial charge on any atom is -0.481 e. The van der Waals surface area contributed by atoms with E-state index >= 15 is 0 Å². The van der Waals surface area contributed by atoms with Gasteiger partial charge < -0.3 is 20.8 Å². The first-order valence-corrected chi connectivity index (χ1v) is 13.1. The van der Waals surface area contributed by atoms with Crippen molar-refractivity contribution in [3.05, 3.63) is 22.8 Å². The zero-order valence-electron chi connectivity index (χ0n) is 20.1. The van der Waals surface area contributed by atoms with Crippen molar-refractivity contribution in [1.82, 2.24) is 10.6 Å². The highest BCUT2D eigenvalue weighted by molar-refractivity contribution is 5.71. The molecule has 4 N–H and O–H groups in total. The molecule has 1 heterocycles. The van der Waals surface area contributed by atoms with Crippen molar-refractivity contribution in [2.24, 2.45) is 34.5 Å². The third-order valence-electron chi connectivity index (χ3n) is 10.3. The lowest BCUT2D eigenvalue weighted by Gasteiger charge is -2.60. The van der Waals surface area contributed by atoms with Gasteiger partial charge in [-0.05, 0) is 85.0 Å². The number of aliphatic carboxylic acids is 1. The van der Waals surface area contributed by atoms with E-state index in [1.165, 1.54) is 23.1 Å². The summed E-state index contributed by atoms with van der Waals surface area (Å²) in [6.07, 6.45) is 9.92. The van der Waals surface area contributed by atoms with Crippen molar-refractivity contribution in [3.8, 4) is 0 Å². The Hall–Kier alpha value is -1.17. The van der Waals surface area contributed by atoms with E-state index < -0.39 is 5.97 Å². The maximum atomic E-state index is 11.9. The van der Waals surface area contributed by atoms with Crippen molar-refractivity contribution in [2.75, 3.05) is 19.6 Å². The topological polar surface area (TPSA) is 81.6 Å². The second-order valence-corrected chi connectivity index (χ2v) is 11.8. The first-order chi connectivity index (χ1) is 15.3. The van der Waals surface area contributed by atoms with Gasteiger partial charge in [0.25, 0.3) is 0 Å². The first kappa shape index (κ1) is 22.6. The van der Waals surface area contributed by atoms with Gasteiger partial charge in [0.05, 0.1) is 12.5 Å². The van der Waals surface area contributed by atoms with Crippen LogP contribution < -0.4 is 10.6 Å². The summed E-state index contributed by atoms with van der Waals surface area (Å²) in [5.41, 5.74) is 4.46. The summed E-state index contributed by atoms with van der Waals surface area (Å²) in [4.78, 5) is 11.9. The molecule has 5 nitrogen and oxygen atoms in total. The minimum atomic E-state index is -0.689. The van der Waals surface area contributed by atoms with Gasteiger partial charge in [0.2, 0.25) is 0 Å². The molecule has 1 unspecified atom stereocenters. The van der Waals surface area contributed by atoms with Gasteiger partial charge in [-0.3, -0.25) is 4.79 Å². The quantitative estimate of drug-likeness (QED) is 0.497. The van der Waals surface area contributed by atoms with E-state index in [0.717, 1.165) is 58.2 Å². The SMILES string of the molecule is CC[C@H]1C=C2C[C@@H](O)CC[C@]2(C)[C@H]2CC[C@]3(C)C(C4CNCCN4)=C(CC(=O)O)C[C@H]3[C@H]12. The molecule has 32 heavy (non-hydrogen) atoms. The Balaban J connectivity index is 1.54. The van der Waals surface area contributed by atoms with Gasteiger partial charge in [0, 0.05) is 25.7 Å². The van der Waals surface area contributed by atoms with Gasteiger partial charge >= 0.3 is 5.97 Å². The van der Waals surface area contributed by atoms with Crippen LogP contribution >= 0.6 is 0 Å². The predicted molar refractivity (Wildman–Crippen MR) is 126 cm³/mol. The number of nitrogens with one attached hydrogen (secondary N) is 2. The molecule has 2 saturated carbocycles. The van der Waals surface area contributed by atoms with Crippen molar-refractivity contribution < 1.29 is 15.0 Å². The Bertz CT molecular complexity index is 829. The summed E-state index contributed by atoms with van der Waals surface area (Å²) >= 11 is 0. The average Bonchev–Trinajstić information content (AvgIpc) is 3.05. The Morgan fingerprint density at radius 3 is 2.59 bits per heavy atom. The molecule has 1 aliphatic heterocycles. The van der Waals surface area contributed by atoms with Crippen LogP contribution in [0.4, 0.5) is 0 Å². The Kier molecular flexibility index (Phi) is 5.83. The van der Waals surface area contributed by atoms with Crippen LogP contribution in [-0.4, -0.2) is 48.0 Å². The largest absolute Gasteiger partial charge is 0.481 e. The molecule has 0 amide bonds. The molecule has 0 spiro atoms. The standard InChI is InChI=1S/C27H42N2O3/c1-4-16-11-18-14-19(30)5-7-26(18,2)20-6-8-27(3)21(24(16)20)12-17(13-23(31)32)25(27)22-15-28-9-10-29-22/h11,16,19-22,24,28-30H,4-10,12-15H2,1-3H3,(H,31,32)/t16-,19-,20-,21-,22?,24+,26-,27-/m0/s1. The van der Waals surface area contributed by atoms with Crippen LogP contribution in [0.5, 0.6) is 0 Å². The Labute approximate surface area is 193 Å². The Morgan fingerprint density at radius 1 is 1.12 bits per heavy atom. The molecule has 0 radical (unpaired) electrons. The summed E-state index contributed by atoms with van der Waals surface area (Å²) in [6, 6.07) is 0.264. The average molecular weight is 443 g/mol. The lowest BCUT2D eigenvalue weighted by molar-refractivity contribution is -0.136. The van der Waals surface area contributed by atoms with Crippen LogP contribution in [0.2, 0.25) is 0 Å². The molecular formula is C27H42N2O3. The third kappa shape index (κ3) is 3.42. The maximum absolute atomic E-state index is 11.9. The molecule has 8 atom stereocenters. The number of hydrogen-bond acceptors (Lipinski definition) is 4. The number of carbonyl (C=O) groups is 1. The molecule has 0 aromatic carbocycles. The number of allylic oxidation sites excluding steroid dienone is 1. The fraction of sp³-hybridized carbons (Fsp3) is 0.815. The van der Waals surface area contributed by atoms with Gasteiger partial charge in [0.1, 0.15) is 0 Å². The van der Waals surface area contributed by atoms with Crippen LogP contribution in [0.25, 0.3) is 0 Å². The van der Waals surface area contributed by atoms with E-state index in [9.17, 15) is 15.0 Å². The lowest BCUT2D eigenvalue weighted by Crippen LogP contribution is -2.56. The zero-order valence-corrected chi connectivity index (χ0v) is 20.1. The van der Waals surface area contributed by atoms with Gasteiger partial charge in [-0.2, -0.15) is 0 Å². The Morgan fingerprint density at radius 2 is 1.91 bits per heavy atom. The van der Waals surface area contributed by atoms with E-state index in [0.29, 0.717) is 23.7 Å². The summed E-state index contributed by atoms with van der Waals surface area (Å²) < 4.78 is 0. The predicted octanol–water partition coefficient (Wildman–Crippen LogP) is 3.89. The van der Waals surface area contributed by atoms with Crippen LogP contribution in [0.3, 0.4) is 0 Å². The molecule has 0 aromatic rings. The molecular weight excluding hydrogens is 400 g/mol. The monoisotopic (exact) mass is 442 g/mol. The minimum absolute atomic E-state index is 0.0892.